The van der Waals surface area contributed by atoms with E-state index in [4.69, 9.17) is 11.6 Å². The zero-order valence-corrected chi connectivity index (χ0v) is 17.5. The van der Waals surface area contributed by atoms with Gasteiger partial charge in [-0.15, -0.1) is 0 Å². The monoisotopic (exact) mass is 444 g/mol. The van der Waals surface area contributed by atoms with E-state index in [-0.39, 0.29) is 17.4 Å². The number of halogens is 3. The average Bonchev–Trinajstić information content (AvgIpc) is 3.12. The normalized spacial score (nSPS) is 19.1. The summed E-state index contributed by atoms with van der Waals surface area (Å²) < 4.78 is 30.0. The zero-order chi connectivity index (χ0) is 21.9. The number of amides is 1. The minimum atomic E-state index is -1.09. The number of aromatic nitrogens is 5. The number of carbonyl (C=O) groups excluding carboxylic acids is 1. The fourth-order valence-electron chi connectivity index (χ4n) is 3.80. The first-order valence-corrected chi connectivity index (χ1v) is 10.4. The molecule has 0 spiro atoms. The Morgan fingerprint density at radius 1 is 1.42 bits per heavy atom. The van der Waals surface area contributed by atoms with Crippen molar-refractivity contribution in [1.29, 1.82) is 0 Å². The topological polar surface area (TPSA) is 88.0 Å². The van der Waals surface area contributed by atoms with Gasteiger partial charge in [0.2, 0.25) is 5.91 Å². The number of H-pyrrole nitrogens is 1. The number of hydrogen-bond acceptors (Lipinski definition) is 4. The molecule has 31 heavy (non-hydrogen) atoms. The number of hydrogen-bond donors (Lipinski definition) is 2. The number of alkyl halides is 1. The molecule has 2 N–H and O–H groups in total. The molecule has 1 aliphatic rings. The second kappa shape index (κ2) is 7.26. The predicted molar refractivity (Wildman–Crippen MR) is 113 cm³/mol. The van der Waals surface area contributed by atoms with Crippen molar-refractivity contribution in [2.45, 2.75) is 38.8 Å². The molecule has 1 unspecified atom stereocenters. The molecule has 7 nitrogen and oxygen atoms in total. The number of nitrogens with zero attached hydrogens (tertiary/aromatic N) is 4. The van der Waals surface area contributed by atoms with Crippen LogP contribution in [0.25, 0.3) is 27.8 Å². The number of aromatic amines is 1. The van der Waals surface area contributed by atoms with E-state index in [1.54, 1.807) is 23.0 Å². The Balaban J connectivity index is 1.58. The third kappa shape index (κ3) is 3.23. The van der Waals surface area contributed by atoms with Crippen molar-refractivity contribution in [2.24, 2.45) is 5.92 Å². The van der Waals surface area contributed by atoms with Gasteiger partial charge in [0.1, 0.15) is 12.0 Å². The van der Waals surface area contributed by atoms with Crippen molar-refractivity contribution in [3.8, 4) is 11.3 Å². The van der Waals surface area contributed by atoms with Gasteiger partial charge in [0, 0.05) is 22.7 Å². The van der Waals surface area contributed by atoms with E-state index in [9.17, 15) is 9.18 Å². The van der Waals surface area contributed by atoms with Crippen LogP contribution < -0.4 is 5.32 Å². The fourth-order valence-corrected chi connectivity index (χ4v) is 4.10. The van der Waals surface area contributed by atoms with Gasteiger partial charge in [0.05, 0.1) is 40.7 Å². The fraction of sp³-hybridized carbons (Fsp3) is 0.333. The van der Waals surface area contributed by atoms with Crippen LogP contribution in [0.3, 0.4) is 0 Å². The highest BCUT2D eigenvalue weighted by Gasteiger charge is 2.43. The molecular formula is C21H19ClF2N6O. The lowest BCUT2D eigenvalue weighted by Crippen LogP contribution is -2.15. The highest BCUT2D eigenvalue weighted by molar-refractivity contribution is 6.35. The molecule has 1 aromatic carbocycles. The van der Waals surface area contributed by atoms with E-state index in [1.165, 1.54) is 6.20 Å². The molecule has 3 heterocycles. The van der Waals surface area contributed by atoms with E-state index < -0.39 is 23.8 Å². The second-order valence-corrected chi connectivity index (χ2v) is 8.27. The molecule has 160 valence electrons. The van der Waals surface area contributed by atoms with Crippen LogP contribution in [-0.4, -0.2) is 36.6 Å². The first kappa shape index (κ1) is 19.9. The number of anilines is 1. The predicted octanol–water partition coefficient (Wildman–Crippen LogP) is 4.88. The van der Waals surface area contributed by atoms with E-state index in [0.29, 0.717) is 39.2 Å². The first-order valence-electron chi connectivity index (χ1n) is 10.0. The van der Waals surface area contributed by atoms with Crippen LogP contribution in [0.2, 0.25) is 5.02 Å². The summed E-state index contributed by atoms with van der Waals surface area (Å²) in [7, 11) is 0. The highest BCUT2D eigenvalue weighted by Crippen LogP contribution is 2.41. The molecule has 4 aromatic rings. The van der Waals surface area contributed by atoms with Gasteiger partial charge in [0.25, 0.3) is 0 Å². The molecular weight excluding hydrogens is 426 g/mol. The highest BCUT2D eigenvalue weighted by atomic mass is 35.5. The largest absolute Gasteiger partial charge is 0.309 e. The van der Waals surface area contributed by atoms with Crippen LogP contribution in [0.4, 0.5) is 14.6 Å². The van der Waals surface area contributed by atoms with Gasteiger partial charge in [0.15, 0.2) is 11.5 Å². The summed E-state index contributed by atoms with van der Waals surface area (Å²) >= 11 is 6.48. The maximum atomic E-state index is 15.3. The number of rotatable bonds is 5. The van der Waals surface area contributed by atoms with Gasteiger partial charge in [-0.3, -0.25) is 14.9 Å². The van der Waals surface area contributed by atoms with E-state index in [0.717, 1.165) is 6.42 Å². The number of fused-ring (bicyclic) bond motifs is 2. The molecule has 0 radical (unpaired) electrons. The summed E-state index contributed by atoms with van der Waals surface area (Å²) in [5.41, 5.74) is 2.43. The number of nitrogens with one attached hydrogen (secondary N) is 2. The molecule has 0 aliphatic heterocycles. The van der Waals surface area contributed by atoms with Crippen molar-refractivity contribution < 1.29 is 13.6 Å². The van der Waals surface area contributed by atoms with Crippen LogP contribution in [0.5, 0.6) is 0 Å². The minimum Gasteiger partial charge on any atom is -0.309 e. The van der Waals surface area contributed by atoms with E-state index >= 15 is 4.39 Å². The van der Waals surface area contributed by atoms with Crippen molar-refractivity contribution in [2.75, 3.05) is 5.32 Å². The molecule has 1 saturated carbocycles. The lowest BCUT2D eigenvalue weighted by Gasteiger charge is -2.16. The molecule has 3 aromatic heterocycles. The molecule has 1 fully saturated rings. The first-order chi connectivity index (χ1) is 14.9. The average molecular weight is 445 g/mol. The van der Waals surface area contributed by atoms with E-state index in [2.05, 4.69) is 25.5 Å². The van der Waals surface area contributed by atoms with Crippen molar-refractivity contribution in [3.63, 3.8) is 0 Å². The number of benzene rings is 1. The van der Waals surface area contributed by atoms with Crippen LogP contribution in [-0.2, 0) is 4.79 Å². The van der Waals surface area contributed by atoms with Gasteiger partial charge in [-0.1, -0.05) is 25.4 Å². The Kier molecular flexibility index (Phi) is 4.65. The van der Waals surface area contributed by atoms with Crippen LogP contribution in [0.1, 0.15) is 38.2 Å². The molecule has 1 aliphatic carbocycles. The summed E-state index contributed by atoms with van der Waals surface area (Å²) in [6, 6.07) is 0. The van der Waals surface area contributed by atoms with Gasteiger partial charge in [-0.25, -0.2) is 13.8 Å². The maximum Gasteiger partial charge on any atom is 0.231 e. The van der Waals surface area contributed by atoms with E-state index in [1.807, 2.05) is 13.8 Å². The van der Waals surface area contributed by atoms with Crippen LogP contribution >= 0.6 is 11.6 Å². The molecule has 0 saturated heterocycles. The molecule has 10 heteroatoms. The Morgan fingerprint density at radius 2 is 2.19 bits per heavy atom. The quantitative estimate of drug-likeness (QED) is 0.459. The lowest BCUT2D eigenvalue weighted by atomic mass is 9.93. The Morgan fingerprint density at radius 3 is 2.90 bits per heavy atom. The van der Waals surface area contributed by atoms with Gasteiger partial charge >= 0.3 is 0 Å². The van der Waals surface area contributed by atoms with Crippen LogP contribution in [0, 0.1) is 11.7 Å². The van der Waals surface area contributed by atoms with Crippen molar-refractivity contribution in [1.82, 2.24) is 24.6 Å². The Bertz CT molecular complexity index is 1330. The molecule has 5 rings (SSSR count). The third-order valence-electron chi connectivity index (χ3n) is 5.83. The Labute approximate surface area is 180 Å². The van der Waals surface area contributed by atoms with Crippen molar-refractivity contribution in [3.05, 3.63) is 41.2 Å². The summed E-state index contributed by atoms with van der Waals surface area (Å²) in [5.74, 6) is -1.25. The lowest BCUT2D eigenvalue weighted by molar-refractivity contribution is -0.117. The SMILES string of the molecule is CCC(C)c1c(F)c(Cl)c(-c2cn3cc(NC(=O)[C@@H]4C[C@@H]4F)nc3cn2)c2cn[nH]c12. The Hall–Kier alpha value is -3.07. The molecule has 0 bridgehead atoms. The van der Waals surface area contributed by atoms with Gasteiger partial charge in [-0.05, 0) is 18.8 Å². The summed E-state index contributed by atoms with van der Waals surface area (Å²) in [5, 5.41) is 10.3. The zero-order valence-electron chi connectivity index (χ0n) is 16.8. The number of carbonyl (C=O) groups is 1. The second-order valence-electron chi connectivity index (χ2n) is 7.90. The van der Waals surface area contributed by atoms with Gasteiger partial charge in [-0.2, -0.15) is 5.10 Å². The third-order valence-corrected chi connectivity index (χ3v) is 6.18. The number of imidazole rings is 1. The molecule has 3 atom stereocenters. The maximum absolute atomic E-state index is 15.3. The van der Waals surface area contributed by atoms with Gasteiger partial charge < -0.3 is 9.72 Å². The minimum absolute atomic E-state index is 0.0209. The van der Waals surface area contributed by atoms with Crippen molar-refractivity contribution >= 4 is 39.9 Å². The standard InChI is InChI=1S/C21H19ClF2N6O/c1-3-9(2)16-19(24)18(22)17(11-5-26-29-20(11)16)13-7-30-8-14(27-15(30)6-25-13)28-21(31)10-4-12(10)23/h5-10,12H,3-4H2,1-2H3,(H,26,29)(H,28,31)/t9?,10-,12+/m1/s1. The summed E-state index contributed by atoms with van der Waals surface area (Å²) in [6.45, 7) is 3.92. The smallest absolute Gasteiger partial charge is 0.231 e. The summed E-state index contributed by atoms with van der Waals surface area (Å²) in [6.07, 6.45) is 6.26. The van der Waals surface area contributed by atoms with Crippen LogP contribution in [0.15, 0.2) is 24.8 Å². The molecule has 1 amide bonds. The summed E-state index contributed by atoms with van der Waals surface area (Å²) in [4.78, 5) is 20.7.